The van der Waals surface area contributed by atoms with E-state index in [1.807, 2.05) is 0 Å². The number of hydrogen-bond donors (Lipinski definition) is 0. The molecule has 3 aromatic rings. The molecule has 0 amide bonds. The molecule has 126 valence electrons. The molecule has 3 heteroatoms. The molecule has 25 heavy (non-hydrogen) atoms. The Morgan fingerprint density at radius 2 is 1.20 bits per heavy atom. The van der Waals surface area contributed by atoms with Gasteiger partial charge in [0.05, 0.1) is 3.94 Å². The van der Waals surface area contributed by atoms with Crippen molar-refractivity contribution in [1.29, 1.82) is 0 Å². The van der Waals surface area contributed by atoms with Crippen LogP contribution < -0.4 is 15.9 Å². The minimum atomic E-state index is -0.547. The molecule has 0 unspecified atom stereocenters. The van der Waals surface area contributed by atoms with Crippen LogP contribution in [0.15, 0.2) is 72.8 Å². The van der Waals surface area contributed by atoms with Gasteiger partial charge in [0.25, 0.3) is 0 Å². The molecule has 0 nitrogen and oxygen atoms in total. The Bertz CT molecular complexity index is 824. The Hall–Kier alpha value is -1.26. The van der Waals surface area contributed by atoms with Crippen LogP contribution >= 0.6 is 32.1 Å². The minimum absolute atomic E-state index is 0.547. The van der Waals surface area contributed by atoms with E-state index in [1.165, 1.54) is 44.8 Å². The molecule has 0 heterocycles. The third-order valence-corrected chi connectivity index (χ3v) is 9.66. The summed E-state index contributed by atoms with van der Waals surface area (Å²) in [5, 5.41) is 4.17. The van der Waals surface area contributed by atoms with Crippen molar-refractivity contribution in [1.82, 2.24) is 0 Å². The van der Waals surface area contributed by atoms with E-state index in [0.29, 0.717) is 0 Å². The quantitative estimate of drug-likeness (QED) is 0.462. The first kappa shape index (κ1) is 18.5. The van der Waals surface area contributed by atoms with Crippen molar-refractivity contribution in [3.63, 3.8) is 0 Å². The Balaban J connectivity index is 2.11. The zero-order valence-electron chi connectivity index (χ0n) is 14.7. The zero-order valence-corrected chi connectivity index (χ0v) is 18.1. The van der Waals surface area contributed by atoms with E-state index in [9.17, 15) is 0 Å². The van der Waals surface area contributed by atoms with Crippen molar-refractivity contribution in [2.24, 2.45) is 0 Å². The first-order chi connectivity index (χ1) is 12.1. The molecule has 3 aromatic carbocycles. The van der Waals surface area contributed by atoms with Gasteiger partial charge in [-0.1, -0.05) is 86.6 Å². The lowest BCUT2D eigenvalue weighted by molar-refractivity contribution is 1.36. The predicted octanol–water partition coefficient (Wildman–Crippen LogP) is 5.80. The highest BCUT2D eigenvalue weighted by Crippen LogP contribution is 2.41. The normalized spacial score (nSPS) is 11.8. The lowest BCUT2D eigenvalue weighted by Gasteiger charge is -2.18. The van der Waals surface area contributed by atoms with E-state index in [-0.39, 0.29) is 0 Å². The molecule has 0 aliphatic heterocycles. The molecular weight excluding hydrogens is 406 g/mol. The highest BCUT2D eigenvalue weighted by atomic mass is 79.9. The van der Waals surface area contributed by atoms with E-state index in [1.54, 1.807) is 0 Å². The van der Waals surface area contributed by atoms with Gasteiger partial charge >= 0.3 is 0 Å². The van der Waals surface area contributed by atoms with Crippen molar-refractivity contribution in [3.05, 3.63) is 89.5 Å². The van der Waals surface area contributed by atoms with Gasteiger partial charge in [0.15, 0.2) is 0 Å². The Morgan fingerprint density at radius 1 is 0.760 bits per heavy atom. The summed E-state index contributed by atoms with van der Waals surface area (Å²) in [6.45, 7) is 6.60. The lowest BCUT2D eigenvalue weighted by atomic mass is 10.1. The summed E-state index contributed by atoms with van der Waals surface area (Å²) in [7, 11) is 0.718. The Labute approximate surface area is 162 Å². The molecule has 0 N–H and O–H groups in total. The molecule has 3 rings (SSSR count). The summed E-state index contributed by atoms with van der Waals surface area (Å²) < 4.78 is 1.34. The third-order valence-electron chi connectivity index (χ3n) is 4.05. The fourth-order valence-corrected chi connectivity index (χ4v) is 8.49. The molecule has 0 radical (unpaired) electrons. The average molecular weight is 427 g/mol. The second-order valence-corrected chi connectivity index (χ2v) is 11.8. The Morgan fingerprint density at radius 3 is 1.64 bits per heavy atom. The maximum absolute atomic E-state index is 3.97. The van der Waals surface area contributed by atoms with Crippen molar-refractivity contribution >= 4 is 51.9 Å². The fourth-order valence-electron chi connectivity index (χ4n) is 3.01. The number of halogens is 1. The van der Waals surface area contributed by atoms with Gasteiger partial charge in [-0.3, -0.25) is 0 Å². The second-order valence-electron chi connectivity index (χ2n) is 6.13. The van der Waals surface area contributed by atoms with Crippen molar-refractivity contribution in [2.45, 2.75) is 20.8 Å². The maximum Gasteiger partial charge on any atom is 0.0550 e. The van der Waals surface area contributed by atoms with Crippen LogP contribution in [0.5, 0.6) is 0 Å². The van der Waals surface area contributed by atoms with E-state index in [0.717, 1.165) is 0 Å². The van der Waals surface area contributed by atoms with Gasteiger partial charge in [-0.15, -0.1) is 0 Å². The summed E-state index contributed by atoms with van der Waals surface area (Å²) in [5.41, 5.74) is 4.07. The van der Waals surface area contributed by atoms with Crippen LogP contribution in [0.3, 0.4) is 0 Å². The number of benzene rings is 3. The maximum atomic E-state index is 3.97. The minimum Gasteiger partial charge on any atom is -0.0622 e. The lowest BCUT2D eigenvalue weighted by Crippen LogP contribution is -2.15. The van der Waals surface area contributed by atoms with E-state index in [4.69, 9.17) is 0 Å². The first-order valence-electron chi connectivity index (χ1n) is 8.28. The molecule has 0 fully saturated rings. The van der Waals surface area contributed by atoms with Crippen LogP contribution in [0, 0.1) is 20.8 Å². The number of hydrogen-bond acceptors (Lipinski definition) is 0. The predicted molar refractivity (Wildman–Crippen MR) is 120 cm³/mol. The van der Waals surface area contributed by atoms with Crippen molar-refractivity contribution in [2.75, 3.05) is 0 Å². The fraction of sp³-hybridized carbons (Fsp3) is 0.136. The molecule has 0 bridgehead atoms. The average Bonchev–Trinajstić information content (AvgIpc) is 2.60. The molecule has 0 saturated carbocycles. The van der Waals surface area contributed by atoms with Crippen LogP contribution in [-0.2, 0) is 0 Å². The van der Waals surface area contributed by atoms with E-state index in [2.05, 4.69) is 109 Å². The summed E-state index contributed by atoms with van der Waals surface area (Å²) in [4.78, 5) is 0. The van der Waals surface area contributed by atoms with Crippen LogP contribution in [0.25, 0.3) is 0 Å². The SMILES string of the molecule is Cc1cc(C)c(P=C(Br)P(c2ccccc2)c2ccccc2)c(C)c1. The van der Waals surface area contributed by atoms with Crippen LogP contribution in [0.2, 0.25) is 0 Å². The van der Waals surface area contributed by atoms with E-state index < -0.39 is 7.92 Å². The third kappa shape index (κ3) is 4.48. The second kappa shape index (κ2) is 8.41. The largest absolute Gasteiger partial charge is 0.0622 e. The standard InChI is InChI=1S/C22H21BrP2/c1-16-14-17(2)21(18(3)15-16)24-22(23)25(19-10-6-4-7-11-19)20-12-8-5-9-13-20/h4-15H,1-3H3. The van der Waals surface area contributed by atoms with Gasteiger partial charge in [0.1, 0.15) is 0 Å². The van der Waals surface area contributed by atoms with Gasteiger partial charge < -0.3 is 0 Å². The number of rotatable bonds is 4. The highest BCUT2D eigenvalue weighted by Gasteiger charge is 2.18. The molecule has 0 aliphatic carbocycles. The van der Waals surface area contributed by atoms with Crippen molar-refractivity contribution in [3.8, 4) is 0 Å². The molecular formula is C22H21BrP2. The van der Waals surface area contributed by atoms with Gasteiger partial charge in [0, 0.05) is 5.30 Å². The molecule has 0 aliphatic rings. The monoisotopic (exact) mass is 426 g/mol. The van der Waals surface area contributed by atoms with Gasteiger partial charge in [-0.2, -0.15) is 0 Å². The van der Waals surface area contributed by atoms with Gasteiger partial charge in [0.2, 0.25) is 0 Å². The van der Waals surface area contributed by atoms with E-state index >= 15 is 0 Å². The van der Waals surface area contributed by atoms with Crippen LogP contribution in [-0.4, -0.2) is 3.94 Å². The summed E-state index contributed by atoms with van der Waals surface area (Å²) in [6.07, 6.45) is 0. The zero-order chi connectivity index (χ0) is 17.8. The Kier molecular flexibility index (Phi) is 6.24. The van der Waals surface area contributed by atoms with Gasteiger partial charge in [-0.25, -0.2) is 0 Å². The van der Waals surface area contributed by atoms with Crippen LogP contribution in [0.1, 0.15) is 16.7 Å². The van der Waals surface area contributed by atoms with Crippen molar-refractivity contribution < 1.29 is 0 Å². The van der Waals surface area contributed by atoms with Crippen LogP contribution in [0.4, 0.5) is 0 Å². The summed E-state index contributed by atoms with van der Waals surface area (Å²) in [5.74, 6) is 0. The topological polar surface area (TPSA) is 0 Å². The first-order valence-corrected chi connectivity index (χ1v) is 11.3. The summed E-state index contributed by atoms with van der Waals surface area (Å²) in [6, 6.07) is 26.2. The molecule has 0 spiro atoms. The molecule has 0 saturated heterocycles. The summed E-state index contributed by atoms with van der Waals surface area (Å²) >= 11 is 3.97. The highest BCUT2D eigenvalue weighted by molar-refractivity contribution is 9.22. The molecule has 0 aromatic heterocycles. The smallest absolute Gasteiger partial charge is 0.0550 e. The molecule has 0 atom stereocenters. The number of aryl methyl sites for hydroxylation is 3. The van der Waals surface area contributed by atoms with Gasteiger partial charge in [-0.05, 0) is 66.4 Å².